The summed E-state index contributed by atoms with van der Waals surface area (Å²) in [6.45, 7) is 1.71. The van der Waals surface area contributed by atoms with Gasteiger partial charge >= 0.3 is 6.03 Å². The highest BCUT2D eigenvalue weighted by atomic mass is 32.1. The molecule has 1 aliphatic heterocycles. The lowest BCUT2D eigenvalue weighted by molar-refractivity contribution is 0.262. The molecular weight excluding hydrogens is 279 g/mol. The third-order valence-corrected chi connectivity index (χ3v) is 3.94. The number of amides is 2. The van der Waals surface area contributed by atoms with Crippen LogP contribution >= 0.6 is 11.3 Å². The summed E-state index contributed by atoms with van der Waals surface area (Å²) in [5, 5.41) is 9.17. The van der Waals surface area contributed by atoms with Crippen LogP contribution in [0.15, 0.2) is 24.3 Å². The third kappa shape index (κ3) is 2.94. The smallest absolute Gasteiger partial charge is 0.311 e. The number of carbonyl (C=O) groups is 1. The van der Waals surface area contributed by atoms with E-state index in [2.05, 4.69) is 20.9 Å². The van der Waals surface area contributed by atoms with Gasteiger partial charge in [0.25, 0.3) is 0 Å². The first-order valence-corrected chi connectivity index (χ1v) is 7.05. The summed E-state index contributed by atoms with van der Waals surface area (Å²) in [5.41, 5.74) is 1.58. The van der Waals surface area contributed by atoms with Gasteiger partial charge in [0.1, 0.15) is 5.82 Å². The normalized spacial score (nSPS) is 13.7. The quantitative estimate of drug-likeness (QED) is 0.797. The second-order valence-electron chi connectivity index (χ2n) is 4.40. The van der Waals surface area contributed by atoms with E-state index in [4.69, 9.17) is 0 Å². The predicted octanol–water partition coefficient (Wildman–Crippen LogP) is 2.57. The molecule has 2 heterocycles. The first-order chi connectivity index (χ1) is 9.70. The van der Waals surface area contributed by atoms with Crippen LogP contribution in [0.3, 0.4) is 0 Å². The Hall–Kier alpha value is -1.99. The van der Waals surface area contributed by atoms with Crippen LogP contribution in [0.25, 0.3) is 0 Å². The van der Waals surface area contributed by atoms with Crippen molar-refractivity contribution >= 4 is 28.2 Å². The topological polar surface area (TPSA) is 66.0 Å². The Labute approximate surface area is 119 Å². The SMILES string of the molecule is O=C(Nc1ccc(F)cc1)Nc1nc2c(s1)CNCC2. The molecule has 7 heteroatoms. The Balaban J connectivity index is 1.63. The van der Waals surface area contributed by atoms with Gasteiger partial charge in [0.15, 0.2) is 5.13 Å². The number of nitrogens with one attached hydrogen (secondary N) is 3. The van der Waals surface area contributed by atoms with Gasteiger partial charge in [0.2, 0.25) is 0 Å². The Kier molecular flexibility index (Phi) is 3.62. The monoisotopic (exact) mass is 292 g/mol. The van der Waals surface area contributed by atoms with Crippen molar-refractivity contribution < 1.29 is 9.18 Å². The molecule has 1 aromatic carbocycles. The molecule has 3 N–H and O–H groups in total. The van der Waals surface area contributed by atoms with Crippen LogP contribution < -0.4 is 16.0 Å². The van der Waals surface area contributed by atoms with Crippen LogP contribution in [-0.4, -0.2) is 17.6 Å². The van der Waals surface area contributed by atoms with Crippen LogP contribution in [0.1, 0.15) is 10.6 Å². The summed E-state index contributed by atoms with van der Waals surface area (Å²) in [6.07, 6.45) is 0.882. The molecular formula is C13H13FN4OS. The van der Waals surface area contributed by atoms with E-state index in [0.29, 0.717) is 10.8 Å². The number of hydrogen-bond acceptors (Lipinski definition) is 4. The van der Waals surface area contributed by atoms with E-state index in [-0.39, 0.29) is 11.8 Å². The average Bonchev–Trinajstić information content (AvgIpc) is 2.83. The van der Waals surface area contributed by atoms with Crippen molar-refractivity contribution in [1.82, 2.24) is 10.3 Å². The molecule has 0 aliphatic carbocycles. The first-order valence-electron chi connectivity index (χ1n) is 6.23. The van der Waals surface area contributed by atoms with Crippen molar-refractivity contribution in [2.45, 2.75) is 13.0 Å². The minimum absolute atomic E-state index is 0.337. The molecule has 0 saturated carbocycles. The van der Waals surface area contributed by atoms with Gasteiger partial charge < -0.3 is 10.6 Å². The highest BCUT2D eigenvalue weighted by Gasteiger charge is 2.15. The average molecular weight is 292 g/mol. The van der Waals surface area contributed by atoms with Crippen LogP contribution in [0.4, 0.5) is 20.0 Å². The van der Waals surface area contributed by atoms with Gasteiger partial charge in [0, 0.05) is 30.1 Å². The first kappa shape index (κ1) is 13.0. The van der Waals surface area contributed by atoms with Gasteiger partial charge in [-0.1, -0.05) is 0 Å². The zero-order valence-electron chi connectivity index (χ0n) is 10.6. The van der Waals surface area contributed by atoms with Crippen molar-refractivity contribution in [2.75, 3.05) is 17.2 Å². The number of nitrogens with zero attached hydrogens (tertiary/aromatic N) is 1. The third-order valence-electron chi connectivity index (χ3n) is 2.92. The standard InChI is InChI=1S/C13H13FN4OS/c14-8-1-3-9(4-2-8)16-12(19)18-13-17-10-5-6-15-7-11(10)20-13/h1-4,15H,5-7H2,(H2,16,17,18,19). The summed E-state index contributed by atoms with van der Waals surface area (Å²) in [5.74, 6) is -0.337. The van der Waals surface area contributed by atoms with Gasteiger partial charge in [-0.15, -0.1) is 11.3 Å². The molecule has 0 unspecified atom stereocenters. The maximum Gasteiger partial charge on any atom is 0.325 e. The number of halogens is 1. The molecule has 0 spiro atoms. The molecule has 2 amide bonds. The summed E-state index contributed by atoms with van der Waals surface area (Å²) in [6, 6.07) is 5.22. The fourth-order valence-corrected chi connectivity index (χ4v) is 2.94. The zero-order chi connectivity index (χ0) is 13.9. The number of aromatic nitrogens is 1. The molecule has 2 aromatic rings. The number of urea groups is 1. The van der Waals surface area contributed by atoms with Crippen LogP contribution in [0, 0.1) is 5.82 Å². The fraction of sp³-hybridized carbons (Fsp3) is 0.231. The lowest BCUT2D eigenvalue weighted by atomic mass is 10.2. The fourth-order valence-electron chi connectivity index (χ4n) is 1.97. The molecule has 3 rings (SSSR count). The highest BCUT2D eigenvalue weighted by Crippen LogP contribution is 2.25. The van der Waals surface area contributed by atoms with Gasteiger partial charge in [-0.2, -0.15) is 0 Å². The zero-order valence-corrected chi connectivity index (χ0v) is 11.4. The molecule has 0 bridgehead atoms. The molecule has 0 radical (unpaired) electrons. The van der Waals surface area contributed by atoms with Crippen molar-refractivity contribution in [3.05, 3.63) is 40.7 Å². The summed E-state index contributed by atoms with van der Waals surface area (Å²) < 4.78 is 12.8. The molecule has 0 fully saturated rings. The Morgan fingerprint density at radius 1 is 1.30 bits per heavy atom. The predicted molar refractivity (Wildman–Crippen MR) is 76.6 cm³/mol. The van der Waals surface area contributed by atoms with Crippen molar-refractivity contribution in [2.24, 2.45) is 0 Å². The number of carbonyl (C=O) groups excluding carboxylic acids is 1. The van der Waals surface area contributed by atoms with Gasteiger partial charge in [-0.3, -0.25) is 5.32 Å². The molecule has 1 aliphatic rings. The second kappa shape index (κ2) is 5.56. The summed E-state index contributed by atoms with van der Waals surface area (Å²) >= 11 is 1.47. The second-order valence-corrected chi connectivity index (χ2v) is 5.49. The summed E-state index contributed by atoms with van der Waals surface area (Å²) in [4.78, 5) is 17.4. The minimum atomic E-state index is -0.379. The number of anilines is 2. The Morgan fingerprint density at radius 3 is 2.85 bits per heavy atom. The minimum Gasteiger partial charge on any atom is -0.311 e. The summed E-state index contributed by atoms with van der Waals surface area (Å²) in [7, 11) is 0. The van der Waals surface area contributed by atoms with Crippen molar-refractivity contribution in [3.63, 3.8) is 0 Å². The van der Waals surface area contributed by atoms with Crippen LogP contribution in [0.5, 0.6) is 0 Å². The molecule has 0 saturated heterocycles. The number of hydrogen-bond donors (Lipinski definition) is 3. The Bertz CT molecular complexity index is 602. The van der Waals surface area contributed by atoms with E-state index in [9.17, 15) is 9.18 Å². The van der Waals surface area contributed by atoms with Crippen LogP contribution in [0.2, 0.25) is 0 Å². The Morgan fingerprint density at radius 2 is 2.10 bits per heavy atom. The van der Waals surface area contributed by atoms with E-state index >= 15 is 0 Å². The largest absolute Gasteiger partial charge is 0.325 e. The van der Waals surface area contributed by atoms with E-state index in [0.717, 1.165) is 30.1 Å². The van der Waals surface area contributed by atoms with Crippen molar-refractivity contribution in [1.29, 1.82) is 0 Å². The molecule has 1 aromatic heterocycles. The highest BCUT2D eigenvalue weighted by molar-refractivity contribution is 7.15. The molecule has 0 atom stereocenters. The van der Waals surface area contributed by atoms with E-state index in [1.54, 1.807) is 0 Å². The van der Waals surface area contributed by atoms with E-state index in [1.165, 1.54) is 35.6 Å². The number of thiazole rings is 1. The van der Waals surface area contributed by atoms with Gasteiger partial charge in [-0.05, 0) is 24.3 Å². The molecule has 20 heavy (non-hydrogen) atoms. The van der Waals surface area contributed by atoms with Gasteiger partial charge in [-0.25, -0.2) is 14.2 Å². The molecule has 104 valence electrons. The maximum atomic E-state index is 12.8. The lowest BCUT2D eigenvalue weighted by Crippen LogP contribution is -2.22. The molecule has 5 nitrogen and oxygen atoms in total. The lowest BCUT2D eigenvalue weighted by Gasteiger charge is -2.09. The van der Waals surface area contributed by atoms with Crippen molar-refractivity contribution in [3.8, 4) is 0 Å². The number of rotatable bonds is 2. The number of fused-ring (bicyclic) bond motifs is 1. The van der Waals surface area contributed by atoms with Crippen LogP contribution in [-0.2, 0) is 13.0 Å². The van der Waals surface area contributed by atoms with Gasteiger partial charge in [0.05, 0.1) is 5.69 Å². The van der Waals surface area contributed by atoms with E-state index < -0.39 is 0 Å². The maximum absolute atomic E-state index is 12.8. The number of benzene rings is 1. The van der Waals surface area contributed by atoms with E-state index in [1.807, 2.05) is 0 Å².